The normalized spacial score (nSPS) is 22.0. The summed E-state index contributed by atoms with van der Waals surface area (Å²) in [6.07, 6.45) is 5.14. The molecule has 0 unspecified atom stereocenters. The molecular weight excluding hydrogens is 215 g/mol. The smallest absolute Gasteiger partial charge is 0.748 e. The van der Waals surface area contributed by atoms with Crippen molar-refractivity contribution >= 4 is 10.1 Å². The zero-order chi connectivity index (χ0) is 9.19. The van der Waals surface area contributed by atoms with Gasteiger partial charge in [-0.05, 0) is 25.7 Å². The Bertz CT molecular complexity index is 232. The van der Waals surface area contributed by atoms with Crippen molar-refractivity contribution in [1.82, 2.24) is 0 Å². The summed E-state index contributed by atoms with van der Waals surface area (Å²) in [5.74, 6) is 0.112. The third-order valence-electron chi connectivity index (χ3n) is 2.77. The number of hydrogen-bond acceptors (Lipinski definition) is 3. The Kier molecular flexibility index (Phi) is 6.94. The molecule has 0 radical (unpaired) electrons. The van der Waals surface area contributed by atoms with Crippen LogP contribution in [0.25, 0.3) is 0 Å². The maximum atomic E-state index is 10.7. The van der Waals surface area contributed by atoms with Gasteiger partial charge in [-0.1, -0.05) is 19.3 Å². The van der Waals surface area contributed by atoms with Crippen LogP contribution in [0.15, 0.2) is 0 Å². The third kappa shape index (κ3) is 4.73. The van der Waals surface area contributed by atoms with Crippen LogP contribution in [0.5, 0.6) is 0 Å². The minimum Gasteiger partial charge on any atom is -0.748 e. The molecule has 0 heterocycles. The molecule has 0 aromatic carbocycles. The van der Waals surface area contributed by atoms with Crippen LogP contribution in [0.2, 0.25) is 0 Å². The quantitative estimate of drug-likeness (QED) is 0.429. The monoisotopic (exact) mass is 230 g/mol. The summed E-state index contributed by atoms with van der Waals surface area (Å²) in [4.78, 5) is 0. The van der Waals surface area contributed by atoms with Crippen molar-refractivity contribution in [3.63, 3.8) is 0 Å². The molecule has 1 aliphatic carbocycles. The van der Waals surface area contributed by atoms with Crippen LogP contribution in [0.4, 0.5) is 0 Å². The van der Waals surface area contributed by atoms with Crippen LogP contribution in [0.1, 0.15) is 39.0 Å². The van der Waals surface area contributed by atoms with Gasteiger partial charge in [0.05, 0.1) is 10.1 Å². The Morgan fingerprint density at radius 1 is 1.23 bits per heavy atom. The first-order valence-corrected chi connectivity index (χ1v) is 5.93. The molecule has 1 aliphatic rings. The van der Waals surface area contributed by atoms with E-state index in [1.54, 1.807) is 6.92 Å². The maximum Gasteiger partial charge on any atom is 1.00 e. The minimum atomic E-state index is -4.05. The zero-order valence-electron chi connectivity index (χ0n) is 8.32. The summed E-state index contributed by atoms with van der Waals surface area (Å²) in [6, 6.07) is 0. The van der Waals surface area contributed by atoms with Gasteiger partial charge in [0.2, 0.25) is 0 Å². The average Bonchev–Trinajstić information content (AvgIpc) is 2.03. The van der Waals surface area contributed by atoms with Gasteiger partial charge in [0.15, 0.2) is 0 Å². The number of hydrogen-bond donors (Lipinski definition) is 0. The molecule has 3 nitrogen and oxygen atoms in total. The largest absolute Gasteiger partial charge is 1.00 e. The van der Waals surface area contributed by atoms with Crippen molar-refractivity contribution in [3.05, 3.63) is 0 Å². The second-order valence-corrected chi connectivity index (χ2v) is 5.33. The zero-order valence-corrected chi connectivity index (χ0v) is 12.3. The van der Waals surface area contributed by atoms with E-state index < -0.39 is 15.4 Å². The van der Waals surface area contributed by atoms with Crippen LogP contribution < -0.4 is 51.4 Å². The molecule has 1 atom stereocenters. The second kappa shape index (κ2) is 6.20. The molecule has 0 bridgehead atoms. The van der Waals surface area contributed by atoms with Crippen molar-refractivity contribution in [2.75, 3.05) is 0 Å². The second-order valence-electron chi connectivity index (χ2n) is 3.60. The van der Waals surface area contributed by atoms with Gasteiger partial charge in [-0.3, -0.25) is 0 Å². The average molecular weight is 230 g/mol. The van der Waals surface area contributed by atoms with Crippen molar-refractivity contribution in [2.24, 2.45) is 5.92 Å². The van der Waals surface area contributed by atoms with Crippen LogP contribution in [0, 0.1) is 5.92 Å². The fraction of sp³-hybridized carbons (Fsp3) is 1.00. The first-order chi connectivity index (χ1) is 5.52. The van der Waals surface area contributed by atoms with Gasteiger partial charge in [-0.15, -0.1) is 0 Å². The molecule has 0 N–H and O–H groups in total. The van der Waals surface area contributed by atoms with Gasteiger partial charge >= 0.3 is 51.4 Å². The van der Waals surface area contributed by atoms with E-state index in [2.05, 4.69) is 0 Å². The summed E-state index contributed by atoms with van der Waals surface area (Å²) in [7, 11) is -4.05. The van der Waals surface area contributed by atoms with Crippen molar-refractivity contribution in [2.45, 2.75) is 44.3 Å². The van der Waals surface area contributed by atoms with E-state index in [4.69, 9.17) is 0 Å². The van der Waals surface area contributed by atoms with E-state index in [0.717, 1.165) is 25.7 Å². The first kappa shape index (κ1) is 14.5. The van der Waals surface area contributed by atoms with E-state index in [9.17, 15) is 13.0 Å². The molecule has 5 heteroatoms. The standard InChI is InChI=1S/C8H16O3S.K/c1-7(12(9,10)11)8-5-3-2-4-6-8;/h7-8H,2-6H2,1H3,(H,9,10,11);/q;+1/p-1/t7-;/m1./s1. The van der Waals surface area contributed by atoms with Gasteiger partial charge in [0.25, 0.3) is 0 Å². The van der Waals surface area contributed by atoms with Gasteiger partial charge in [0, 0.05) is 5.25 Å². The molecular formula is C8H15KO3S. The molecule has 0 saturated heterocycles. The van der Waals surface area contributed by atoms with E-state index >= 15 is 0 Å². The fourth-order valence-corrected chi connectivity index (χ4v) is 2.58. The minimum absolute atomic E-state index is 0. The molecule has 0 aromatic rings. The van der Waals surface area contributed by atoms with E-state index in [1.807, 2.05) is 0 Å². The molecule has 0 aliphatic heterocycles. The van der Waals surface area contributed by atoms with Gasteiger partial charge < -0.3 is 4.55 Å². The van der Waals surface area contributed by atoms with E-state index in [-0.39, 0.29) is 57.3 Å². The Labute approximate surface area is 123 Å². The summed E-state index contributed by atoms with van der Waals surface area (Å²) in [5, 5.41) is -0.683. The van der Waals surface area contributed by atoms with Crippen molar-refractivity contribution in [1.29, 1.82) is 0 Å². The predicted molar refractivity (Wildman–Crippen MR) is 45.7 cm³/mol. The summed E-state index contributed by atoms with van der Waals surface area (Å²) >= 11 is 0. The van der Waals surface area contributed by atoms with E-state index in [1.165, 1.54) is 6.42 Å². The molecule has 13 heavy (non-hydrogen) atoms. The van der Waals surface area contributed by atoms with Gasteiger partial charge in [-0.2, -0.15) is 0 Å². The molecule has 0 spiro atoms. The summed E-state index contributed by atoms with van der Waals surface area (Å²) in [6.45, 7) is 1.54. The predicted octanol–water partition coefficient (Wildman–Crippen LogP) is -1.50. The number of rotatable bonds is 2. The SMILES string of the molecule is C[C@H](C1CCCCC1)S(=O)(=O)[O-].[K+]. The van der Waals surface area contributed by atoms with Crippen LogP contribution in [-0.2, 0) is 10.1 Å². The van der Waals surface area contributed by atoms with Crippen molar-refractivity contribution in [3.8, 4) is 0 Å². The fourth-order valence-electron chi connectivity index (χ4n) is 1.84. The van der Waals surface area contributed by atoms with Crippen LogP contribution in [-0.4, -0.2) is 18.2 Å². The molecule has 1 fully saturated rings. The molecule has 0 amide bonds. The summed E-state index contributed by atoms with van der Waals surface area (Å²) in [5.41, 5.74) is 0. The van der Waals surface area contributed by atoms with Crippen LogP contribution in [0.3, 0.4) is 0 Å². The van der Waals surface area contributed by atoms with Gasteiger partial charge in [-0.25, -0.2) is 8.42 Å². The molecule has 72 valence electrons. The summed E-state index contributed by atoms with van der Waals surface area (Å²) < 4.78 is 32.0. The van der Waals surface area contributed by atoms with Crippen LogP contribution >= 0.6 is 0 Å². The Hall–Kier alpha value is 1.55. The molecule has 1 saturated carbocycles. The first-order valence-electron chi connectivity index (χ1n) is 4.46. The molecule has 0 aromatic heterocycles. The third-order valence-corrected chi connectivity index (χ3v) is 4.06. The Morgan fingerprint density at radius 3 is 2.08 bits per heavy atom. The Balaban J connectivity index is 0.00000144. The van der Waals surface area contributed by atoms with E-state index in [0.29, 0.717) is 0 Å². The Morgan fingerprint density at radius 2 is 1.69 bits per heavy atom. The topological polar surface area (TPSA) is 57.2 Å². The molecule has 1 rings (SSSR count). The van der Waals surface area contributed by atoms with Crippen molar-refractivity contribution < 1.29 is 64.4 Å². The maximum absolute atomic E-state index is 10.7. The van der Waals surface area contributed by atoms with Gasteiger partial charge in [0.1, 0.15) is 0 Å².